The second kappa shape index (κ2) is 8.18. The van der Waals surface area contributed by atoms with E-state index in [-0.39, 0.29) is 11.9 Å². The topological polar surface area (TPSA) is 75.8 Å². The smallest absolute Gasteiger partial charge is 0.174 e. The van der Waals surface area contributed by atoms with E-state index in [0.717, 1.165) is 34.1 Å². The molecule has 0 spiro atoms. The zero-order valence-corrected chi connectivity index (χ0v) is 17.5. The van der Waals surface area contributed by atoms with Gasteiger partial charge in [0.25, 0.3) is 0 Å². The highest BCUT2D eigenvalue weighted by Crippen LogP contribution is 2.47. The summed E-state index contributed by atoms with van der Waals surface area (Å²) >= 11 is 1.91. The second-order valence-electron chi connectivity index (χ2n) is 7.17. The van der Waals surface area contributed by atoms with Crippen molar-refractivity contribution in [2.45, 2.75) is 25.1 Å². The maximum Gasteiger partial charge on any atom is 0.174 e. The molecule has 0 bridgehead atoms. The maximum atomic E-state index is 8.76. The van der Waals surface area contributed by atoms with Crippen molar-refractivity contribution in [1.29, 1.82) is 5.26 Å². The van der Waals surface area contributed by atoms with Gasteiger partial charge < -0.3 is 10.1 Å². The van der Waals surface area contributed by atoms with Crippen LogP contribution in [0.5, 0.6) is 5.75 Å². The number of aromatic nitrogens is 3. The van der Waals surface area contributed by atoms with Crippen LogP contribution >= 0.6 is 11.8 Å². The van der Waals surface area contributed by atoms with Gasteiger partial charge in [-0.1, -0.05) is 12.1 Å². The molecular weight excluding hydrogens is 382 g/mol. The molecule has 2 aromatic heterocycles. The van der Waals surface area contributed by atoms with Crippen LogP contribution in [0.4, 0.5) is 5.82 Å². The first-order valence-corrected chi connectivity index (χ1v) is 10.6. The van der Waals surface area contributed by atoms with E-state index in [0.29, 0.717) is 11.8 Å². The quantitative estimate of drug-likeness (QED) is 0.696. The summed E-state index contributed by atoms with van der Waals surface area (Å²) in [4.78, 5) is 4.55. The van der Waals surface area contributed by atoms with Crippen LogP contribution in [0.25, 0.3) is 11.4 Å². The lowest BCUT2D eigenvalue weighted by atomic mass is 9.98. The molecule has 3 heterocycles. The van der Waals surface area contributed by atoms with Gasteiger partial charge in [-0.15, -0.1) is 11.8 Å². The van der Waals surface area contributed by atoms with Crippen molar-refractivity contribution < 1.29 is 4.74 Å². The Kier molecular flexibility index (Phi) is 5.45. The van der Waals surface area contributed by atoms with Crippen LogP contribution in [-0.2, 0) is 7.05 Å². The lowest BCUT2D eigenvalue weighted by Crippen LogP contribution is -2.18. The summed E-state index contributed by atoms with van der Waals surface area (Å²) in [5.41, 5.74) is 5.30. The molecule has 2 atom stereocenters. The number of anilines is 1. The van der Waals surface area contributed by atoms with Gasteiger partial charge >= 0.3 is 0 Å². The summed E-state index contributed by atoms with van der Waals surface area (Å²) in [6, 6.07) is 14.3. The number of rotatable bonds is 4. The van der Waals surface area contributed by atoms with Gasteiger partial charge in [0, 0.05) is 30.6 Å². The number of hydrogen-bond acceptors (Lipinski definition) is 6. The highest BCUT2D eigenvalue weighted by molar-refractivity contribution is 7.99. The largest absolute Gasteiger partial charge is 0.479 e. The number of hydrogen-bond donors (Lipinski definition) is 1. The Balaban J connectivity index is 1.84. The molecule has 148 valence electrons. The van der Waals surface area contributed by atoms with Gasteiger partial charge in [0.15, 0.2) is 6.61 Å². The zero-order valence-electron chi connectivity index (χ0n) is 16.7. The average molecular weight is 406 g/mol. The summed E-state index contributed by atoms with van der Waals surface area (Å²) in [5.74, 6) is 2.74. The van der Waals surface area contributed by atoms with Crippen molar-refractivity contribution in [2.24, 2.45) is 7.05 Å². The number of ether oxygens (including phenoxy) is 1. The first kappa shape index (κ1) is 19.3. The maximum absolute atomic E-state index is 8.76. The molecule has 3 aromatic rings. The zero-order chi connectivity index (χ0) is 20.4. The molecule has 0 saturated carbocycles. The van der Waals surface area contributed by atoms with Crippen molar-refractivity contribution >= 4 is 17.6 Å². The monoisotopic (exact) mass is 405 g/mol. The van der Waals surface area contributed by atoms with E-state index in [1.54, 1.807) is 6.20 Å². The fourth-order valence-electron chi connectivity index (χ4n) is 3.64. The molecule has 29 heavy (non-hydrogen) atoms. The van der Waals surface area contributed by atoms with Gasteiger partial charge in [-0.25, -0.2) is 0 Å². The van der Waals surface area contributed by atoms with Crippen LogP contribution in [0.3, 0.4) is 0 Å². The lowest BCUT2D eigenvalue weighted by Gasteiger charge is -2.19. The molecule has 1 aromatic carbocycles. The van der Waals surface area contributed by atoms with Gasteiger partial charge in [-0.3, -0.25) is 9.67 Å². The SMILES string of the molecule is Cc1cc(OCC#N)ccc1[C@@H]1SC[C@@H](C)Nc2c1c(-c1ccccn1)nn2C. The summed E-state index contributed by atoms with van der Waals surface area (Å²) < 4.78 is 7.41. The normalized spacial score (nSPS) is 18.3. The summed E-state index contributed by atoms with van der Waals surface area (Å²) in [7, 11) is 1.98. The number of nitriles is 1. The van der Waals surface area contributed by atoms with Crippen LogP contribution in [-0.4, -0.2) is 33.2 Å². The van der Waals surface area contributed by atoms with Gasteiger partial charge in [0.2, 0.25) is 0 Å². The Bertz CT molecular complexity index is 1060. The van der Waals surface area contributed by atoms with Crippen LogP contribution in [0.2, 0.25) is 0 Å². The molecule has 4 rings (SSSR count). The predicted molar refractivity (Wildman–Crippen MR) is 116 cm³/mol. The van der Waals surface area contributed by atoms with Gasteiger partial charge in [-0.05, 0) is 49.2 Å². The number of pyridine rings is 1. The third-order valence-corrected chi connectivity index (χ3v) is 6.49. The highest BCUT2D eigenvalue weighted by Gasteiger charge is 2.32. The number of nitrogens with one attached hydrogen (secondary N) is 1. The molecule has 0 fully saturated rings. The van der Waals surface area contributed by atoms with Gasteiger partial charge in [0.05, 0.1) is 10.9 Å². The Morgan fingerprint density at radius 2 is 2.21 bits per heavy atom. The minimum atomic E-state index is 0.0506. The molecule has 7 heteroatoms. The summed E-state index contributed by atoms with van der Waals surface area (Å²) in [6.45, 7) is 4.33. The number of thioether (sulfide) groups is 1. The first-order valence-electron chi connectivity index (χ1n) is 9.55. The molecule has 0 aliphatic carbocycles. The Labute approximate surface area is 174 Å². The van der Waals surface area contributed by atoms with Crippen LogP contribution in [0, 0.1) is 18.3 Å². The number of fused-ring (bicyclic) bond motifs is 1. The Hall–Kier alpha value is -2.98. The minimum Gasteiger partial charge on any atom is -0.479 e. The number of nitrogens with zero attached hydrogens (tertiary/aromatic N) is 4. The van der Waals surface area contributed by atoms with E-state index < -0.39 is 0 Å². The van der Waals surface area contributed by atoms with Crippen molar-refractivity contribution in [1.82, 2.24) is 14.8 Å². The minimum absolute atomic E-state index is 0.0506. The molecule has 0 saturated heterocycles. The van der Waals surface area contributed by atoms with Crippen molar-refractivity contribution in [2.75, 3.05) is 17.7 Å². The fourth-order valence-corrected chi connectivity index (χ4v) is 5.04. The fraction of sp³-hybridized carbons (Fsp3) is 0.318. The van der Waals surface area contributed by atoms with E-state index in [9.17, 15) is 0 Å². The molecule has 1 N–H and O–H groups in total. The van der Waals surface area contributed by atoms with E-state index in [1.807, 2.05) is 59.9 Å². The van der Waals surface area contributed by atoms with Crippen LogP contribution < -0.4 is 10.1 Å². The van der Waals surface area contributed by atoms with Gasteiger partial charge in [-0.2, -0.15) is 10.4 Å². The summed E-state index contributed by atoms with van der Waals surface area (Å²) in [6.07, 6.45) is 1.80. The van der Waals surface area contributed by atoms with E-state index in [2.05, 4.69) is 30.2 Å². The number of benzene rings is 1. The van der Waals surface area contributed by atoms with Crippen molar-refractivity contribution in [3.8, 4) is 23.2 Å². The molecule has 1 aliphatic rings. The lowest BCUT2D eigenvalue weighted by molar-refractivity contribution is 0.368. The van der Waals surface area contributed by atoms with E-state index >= 15 is 0 Å². The average Bonchev–Trinajstić information content (AvgIpc) is 2.93. The molecular formula is C22H23N5OS. The van der Waals surface area contributed by atoms with E-state index in [1.165, 1.54) is 5.56 Å². The Morgan fingerprint density at radius 1 is 1.34 bits per heavy atom. The van der Waals surface area contributed by atoms with E-state index in [4.69, 9.17) is 15.1 Å². The van der Waals surface area contributed by atoms with Crippen molar-refractivity contribution in [3.63, 3.8) is 0 Å². The third-order valence-electron chi connectivity index (χ3n) is 4.98. The second-order valence-corrected chi connectivity index (χ2v) is 8.31. The number of aryl methyl sites for hydroxylation is 2. The molecule has 0 radical (unpaired) electrons. The summed E-state index contributed by atoms with van der Waals surface area (Å²) in [5, 5.41) is 17.3. The highest BCUT2D eigenvalue weighted by atomic mass is 32.2. The first-order chi connectivity index (χ1) is 14.1. The van der Waals surface area contributed by atoms with Crippen LogP contribution in [0.1, 0.15) is 28.9 Å². The molecule has 6 nitrogen and oxygen atoms in total. The molecule has 0 amide bonds. The predicted octanol–water partition coefficient (Wildman–Crippen LogP) is 4.33. The molecule has 1 aliphatic heterocycles. The van der Waals surface area contributed by atoms with Crippen LogP contribution in [0.15, 0.2) is 42.6 Å². The van der Waals surface area contributed by atoms with Crippen molar-refractivity contribution in [3.05, 3.63) is 59.3 Å². The Morgan fingerprint density at radius 3 is 2.93 bits per heavy atom. The molecule has 0 unspecified atom stereocenters. The standard InChI is InChI=1S/C22H23N5OS/c1-14-12-16(28-11-9-23)7-8-17(14)21-19-20(18-6-4-5-10-24-18)26-27(3)22(19)25-15(2)13-29-21/h4-8,10,12,15,21,25H,11,13H2,1-3H3/t15-,21+/m1/s1. The third kappa shape index (κ3) is 3.81. The van der Waals surface area contributed by atoms with Gasteiger partial charge in [0.1, 0.15) is 23.3 Å².